The molecule has 0 aromatic heterocycles. The molecular formula is C28H24ClF4NO4. The summed E-state index contributed by atoms with van der Waals surface area (Å²) in [5, 5.41) is 9.15. The lowest BCUT2D eigenvalue weighted by atomic mass is 9.91. The molecule has 1 N–H and O–H groups in total. The summed E-state index contributed by atoms with van der Waals surface area (Å²) in [7, 11) is 0. The Morgan fingerprint density at radius 3 is 2.37 bits per heavy atom. The average Bonchev–Trinajstić information content (AvgIpc) is 3.18. The summed E-state index contributed by atoms with van der Waals surface area (Å²) in [6.45, 7) is 1.72. The Balaban J connectivity index is 1.52. The number of nitrogens with zero attached hydrogens (tertiary/aromatic N) is 1. The number of carbonyl (C=O) groups excluding carboxylic acids is 1. The zero-order chi connectivity index (χ0) is 27.7. The van der Waals surface area contributed by atoms with Gasteiger partial charge in [0, 0.05) is 31.5 Å². The fourth-order valence-electron chi connectivity index (χ4n) is 4.52. The minimum absolute atomic E-state index is 0.0176. The molecule has 0 fully saturated rings. The fraction of sp³-hybridized carbons (Fsp3) is 0.286. The van der Waals surface area contributed by atoms with Crippen LogP contribution in [-0.2, 0) is 30.4 Å². The minimum atomic E-state index is -4.48. The van der Waals surface area contributed by atoms with Crippen LogP contribution in [0.1, 0.15) is 46.0 Å². The van der Waals surface area contributed by atoms with Gasteiger partial charge in [-0.15, -0.1) is 0 Å². The SMILES string of the molecule is C[C@@]1(Cc2ccc(F)c(Cl)c2)Cc2cc(C(=O)N(CCC(=O)O)Cc3ccc(C(F)(F)F)cc3)ccc2O1. The smallest absolute Gasteiger partial charge is 0.416 e. The Morgan fingerprint density at radius 1 is 1.05 bits per heavy atom. The highest BCUT2D eigenvalue weighted by Crippen LogP contribution is 2.38. The van der Waals surface area contributed by atoms with E-state index in [0.717, 1.165) is 23.3 Å². The maximum atomic E-state index is 13.5. The number of benzene rings is 3. The third-order valence-electron chi connectivity index (χ3n) is 6.33. The van der Waals surface area contributed by atoms with Gasteiger partial charge < -0.3 is 14.7 Å². The standard InChI is InChI=1S/C28H24ClF4NO4/c1-27(14-18-4-8-23(30)22(29)12-18)15-20-13-19(5-9-24(20)38-27)26(37)34(11-10-25(35)36)16-17-2-6-21(7-3-17)28(31,32)33/h2-9,12-13H,10-11,14-16H2,1H3,(H,35,36)/t27-/m1/s1. The van der Waals surface area contributed by atoms with Gasteiger partial charge in [-0.3, -0.25) is 9.59 Å². The second kappa shape index (κ2) is 10.6. The monoisotopic (exact) mass is 549 g/mol. The molecule has 5 nitrogen and oxygen atoms in total. The van der Waals surface area contributed by atoms with E-state index in [0.29, 0.717) is 29.7 Å². The van der Waals surface area contributed by atoms with Gasteiger partial charge in [0.1, 0.15) is 17.2 Å². The van der Waals surface area contributed by atoms with Crippen LogP contribution in [0, 0.1) is 5.82 Å². The molecular weight excluding hydrogens is 526 g/mol. The van der Waals surface area contributed by atoms with Gasteiger partial charge in [-0.05, 0) is 66.1 Å². The van der Waals surface area contributed by atoms with Crippen LogP contribution in [0.4, 0.5) is 17.6 Å². The molecule has 3 aromatic carbocycles. The van der Waals surface area contributed by atoms with E-state index in [1.807, 2.05) is 6.92 Å². The molecule has 4 rings (SSSR count). The molecule has 200 valence electrons. The molecule has 0 saturated carbocycles. The van der Waals surface area contributed by atoms with Crippen molar-refractivity contribution in [2.75, 3.05) is 6.54 Å². The second-order valence-corrected chi connectivity index (χ2v) is 9.95. The van der Waals surface area contributed by atoms with Crippen LogP contribution in [0.3, 0.4) is 0 Å². The number of alkyl halides is 3. The van der Waals surface area contributed by atoms with Gasteiger partial charge in [-0.25, -0.2) is 4.39 Å². The van der Waals surface area contributed by atoms with Gasteiger partial charge in [0.15, 0.2) is 0 Å². The van der Waals surface area contributed by atoms with Gasteiger partial charge in [-0.2, -0.15) is 13.2 Å². The number of halogens is 5. The Bertz CT molecular complexity index is 1360. The fourth-order valence-corrected chi connectivity index (χ4v) is 4.72. The number of hydrogen-bond donors (Lipinski definition) is 1. The number of amides is 1. The molecule has 3 aromatic rings. The summed E-state index contributed by atoms with van der Waals surface area (Å²) in [6, 6.07) is 13.8. The first kappa shape index (κ1) is 27.4. The highest BCUT2D eigenvalue weighted by atomic mass is 35.5. The Labute approximate surface area is 221 Å². The molecule has 1 aliphatic heterocycles. The topological polar surface area (TPSA) is 66.8 Å². The van der Waals surface area contributed by atoms with Crippen molar-refractivity contribution in [3.05, 3.63) is 99.3 Å². The summed E-state index contributed by atoms with van der Waals surface area (Å²) in [4.78, 5) is 25.8. The van der Waals surface area contributed by atoms with Crippen molar-refractivity contribution in [3.8, 4) is 5.75 Å². The van der Waals surface area contributed by atoms with Crippen LogP contribution in [-0.4, -0.2) is 34.0 Å². The van der Waals surface area contributed by atoms with E-state index in [9.17, 15) is 27.2 Å². The summed E-state index contributed by atoms with van der Waals surface area (Å²) in [5.74, 6) is -1.47. The van der Waals surface area contributed by atoms with Crippen molar-refractivity contribution >= 4 is 23.5 Å². The number of carbonyl (C=O) groups is 2. The molecule has 1 aliphatic rings. The van der Waals surface area contributed by atoms with Gasteiger partial charge in [0.05, 0.1) is 17.0 Å². The van der Waals surface area contributed by atoms with Crippen molar-refractivity contribution in [2.24, 2.45) is 0 Å². The number of carboxylic acids is 1. The third kappa shape index (κ3) is 6.45. The molecule has 1 amide bonds. The third-order valence-corrected chi connectivity index (χ3v) is 6.62. The predicted octanol–water partition coefficient (Wildman–Crippen LogP) is 6.55. The van der Waals surface area contributed by atoms with Crippen molar-refractivity contribution in [1.82, 2.24) is 4.90 Å². The van der Waals surface area contributed by atoms with E-state index < -0.39 is 35.0 Å². The van der Waals surface area contributed by atoms with Crippen LogP contribution in [0.5, 0.6) is 5.75 Å². The van der Waals surface area contributed by atoms with Gasteiger partial charge in [0.2, 0.25) is 0 Å². The average molecular weight is 550 g/mol. The minimum Gasteiger partial charge on any atom is -0.487 e. The lowest BCUT2D eigenvalue weighted by molar-refractivity contribution is -0.138. The molecule has 1 heterocycles. The van der Waals surface area contributed by atoms with Crippen LogP contribution >= 0.6 is 11.6 Å². The number of aliphatic carboxylic acids is 1. The lowest BCUT2D eigenvalue weighted by Crippen LogP contribution is -2.33. The summed E-state index contributed by atoms with van der Waals surface area (Å²) in [5.41, 5.74) is 0.840. The molecule has 0 unspecified atom stereocenters. The van der Waals surface area contributed by atoms with E-state index in [2.05, 4.69) is 0 Å². The van der Waals surface area contributed by atoms with E-state index in [-0.39, 0.29) is 24.5 Å². The quantitative estimate of drug-likeness (QED) is 0.324. The maximum Gasteiger partial charge on any atom is 0.416 e. The van der Waals surface area contributed by atoms with Gasteiger partial charge in [0.25, 0.3) is 5.91 Å². The summed E-state index contributed by atoms with van der Waals surface area (Å²) < 4.78 is 58.4. The normalized spacial score (nSPS) is 16.6. The Morgan fingerprint density at radius 2 is 1.74 bits per heavy atom. The lowest BCUT2D eigenvalue weighted by Gasteiger charge is -2.24. The number of ether oxygens (including phenoxy) is 1. The largest absolute Gasteiger partial charge is 0.487 e. The molecule has 0 aliphatic carbocycles. The maximum absolute atomic E-state index is 13.5. The zero-order valence-electron chi connectivity index (χ0n) is 20.3. The molecule has 38 heavy (non-hydrogen) atoms. The first-order chi connectivity index (χ1) is 17.8. The highest BCUT2D eigenvalue weighted by molar-refractivity contribution is 6.30. The highest BCUT2D eigenvalue weighted by Gasteiger charge is 2.36. The molecule has 1 atom stereocenters. The van der Waals surface area contributed by atoms with Crippen LogP contribution in [0.25, 0.3) is 0 Å². The molecule has 0 radical (unpaired) electrons. The van der Waals surface area contributed by atoms with Crippen molar-refractivity contribution in [1.29, 1.82) is 0 Å². The zero-order valence-corrected chi connectivity index (χ0v) is 21.1. The number of hydrogen-bond acceptors (Lipinski definition) is 3. The first-order valence-electron chi connectivity index (χ1n) is 11.8. The van der Waals surface area contributed by atoms with Crippen molar-refractivity contribution < 1.29 is 37.0 Å². The summed E-state index contributed by atoms with van der Waals surface area (Å²) >= 11 is 5.91. The van der Waals surface area contributed by atoms with Crippen LogP contribution in [0.15, 0.2) is 60.7 Å². The van der Waals surface area contributed by atoms with Crippen molar-refractivity contribution in [2.45, 2.75) is 44.5 Å². The van der Waals surface area contributed by atoms with E-state index >= 15 is 0 Å². The van der Waals surface area contributed by atoms with Crippen LogP contribution in [0.2, 0.25) is 5.02 Å². The molecule has 0 bridgehead atoms. The van der Waals surface area contributed by atoms with E-state index in [1.54, 1.807) is 30.3 Å². The molecule has 10 heteroatoms. The molecule has 0 saturated heterocycles. The first-order valence-corrected chi connectivity index (χ1v) is 12.1. The van der Waals surface area contributed by atoms with Crippen LogP contribution < -0.4 is 4.74 Å². The number of fused-ring (bicyclic) bond motifs is 1. The van der Waals surface area contributed by atoms with Gasteiger partial charge in [-0.1, -0.05) is 29.8 Å². The predicted molar refractivity (Wildman–Crippen MR) is 133 cm³/mol. The van der Waals surface area contributed by atoms with Crippen molar-refractivity contribution in [3.63, 3.8) is 0 Å². The Kier molecular flexibility index (Phi) is 7.69. The Hall–Kier alpha value is -3.59. The van der Waals surface area contributed by atoms with Gasteiger partial charge >= 0.3 is 12.1 Å². The summed E-state index contributed by atoms with van der Waals surface area (Å²) in [6.07, 6.45) is -3.89. The molecule has 0 spiro atoms. The number of rotatable bonds is 8. The second-order valence-electron chi connectivity index (χ2n) is 9.54. The van der Waals surface area contributed by atoms with E-state index in [4.69, 9.17) is 21.4 Å². The van der Waals surface area contributed by atoms with E-state index in [1.165, 1.54) is 23.1 Å². The number of carboxylic acid groups (broad SMARTS) is 1.